The average Bonchev–Trinajstić information content (AvgIpc) is 2.51. The van der Waals surface area contributed by atoms with Crippen molar-refractivity contribution in [2.75, 3.05) is 18.1 Å². The van der Waals surface area contributed by atoms with Gasteiger partial charge in [0.15, 0.2) is 0 Å². The van der Waals surface area contributed by atoms with Crippen molar-refractivity contribution in [3.05, 3.63) is 24.1 Å². The number of anilines is 1. The lowest BCUT2D eigenvalue weighted by molar-refractivity contribution is -0.131. The summed E-state index contributed by atoms with van der Waals surface area (Å²) in [7, 11) is 0. The van der Waals surface area contributed by atoms with Crippen LogP contribution in [0.15, 0.2) is 18.2 Å². The molecule has 1 amide bonds. The van der Waals surface area contributed by atoms with Crippen LogP contribution in [0.5, 0.6) is 0 Å². The molecular weight excluding hydrogens is 416 g/mol. The summed E-state index contributed by atoms with van der Waals surface area (Å²) >= 11 is 11.3. The summed E-state index contributed by atoms with van der Waals surface area (Å²) in [6, 6.07) is 3.83. The number of halogens is 5. The van der Waals surface area contributed by atoms with Crippen molar-refractivity contribution in [2.45, 2.75) is 37.1 Å². The number of hydrogen-bond donors (Lipinski definition) is 0. The van der Waals surface area contributed by atoms with Crippen molar-refractivity contribution in [3.8, 4) is 0 Å². The third-order valence-electron chi connectivity index (χ3n) is 3.09. The van der Waals surface area contributed by atoms with Crippen LogP contribution in [0.25, 0.3) is 0 Å². The molecule has 0 aromatic carbocycles. The molecule has 2 unspecified atom stereocenters. The number of thiocarbonyl (C=S) groups is 1. The van der Waals surface area contributed by atoms with E-state index in [9.17, 15) is 22.4 Å². The first-order chi connectivity index (χ1) is 12.0. The molecule has 1 rings (SSSR count). The zero-order chi connectivity index (χ0) is 19.9. The Balaban J connectivity index is 3.02. The summed E-state index contributed by atoms with van der Waals surface area (Å²) in [5.41, 5.74) is 0. The van der Waals surface area contributed by atoms with Crippen LogP contribution in [0.2, 0.25) is 0 Å². The molecule has 2 atom stereocenters. The minimum Gasteiger partial charge on any atom is -0.479 e. The summed E-state index contributed by atoms with van der Waals surface area (Å²) in [5, 5.41) is -2.95. The maximum Gasteiger partial charge on any atom is 0.404 e. The molecule has 0 spiro atoms. The monoisotopic (exact) mass is 432 g/mol. The molecule has 0 saturated heterocycles. The zero-order valence-electron chi connectivity index (χ0n) is 13.9. The second kappa shape index (κ2) is 10.3. The van der Waals surface area contributed by atoms with Gasteiger partial charge in [-0.3, -0.25) is 9.69 Å². The topological polar surface area (TPSA) is 42.4 Å². The molecule has 0 bridgehead atoms. The smallest absolute Gasteiger partial charge is 0.404 e. The molecule has 146 valence electrons. The first-order valence-corrected chi connectivity index (χ1v) is 9.21. The molecule has 0 fully saturated rings. The summed E-state index contributed by atoms with van der Waals surface area (Å²) in [5.74, 6) is -1.33. The van der Waals surface area contributed by atoms with Crippen molar-refractivity contribution < 1.29 is 27.1 Å². The van der Waals surface area contributed by atoms with Gasteiger partial charge in [0.25, 0.3) is 0 Å². The van der Waals surface area contributed by atoms with E-state index >= 15 is 0 Å². The number of thioether (sulfide) groups is 1. The molecule has 0 saturated carbocycles. The fourth-order valence-electron chi connectivity index (χ4n) is 1.95. The molecular formula is C15H17ClF4N2O2S2. The number of nitrogens with zero attached hydrogens (tertiary/aromatic N) is 2. The number of carbonyl (C=O) groups excluding carboxylic acids is 1. The van der Waals surface area contributed by atoms with Crippen LogP contribution in [0, 0.1) is 5.95 Å². The molecule has 0 N–H and O–H groups in total. The summed E-state index contributed by atoms with van der Waals surface area (Å²) in [6.45, 7) is 2.95. The van der Waals surface area contributed by atoms with Crippen molar-refractivity contribution in [3.63, 3.8) is 0 Å². The van der Waals surface area contributed by atoms with Gasteiger partial charge in [0, 0.05) is 18.7 Å². The molecule has 0 radical (unpaired) electrons. The van der Waals surface area contributed by atoms with Crippen LogP contribution in [-0.4, -0.2) is 45.2 Å². The van der Waals surface area contributed by atoms with E-state index in [2.05, 4.69) is 4.98 Å². The average molecular weight is 433 g/mol. The van der Waals surface area contributed by atoms with Crippen LogP contribution in [0.3, 0.4) is 0 Å². The second-order valence-corrected chi connectivity index (χ2v) is 7.55. The predicted octanol–water partition coefficient (Wildman–Crippen LogP) is 4.56. The molecule has 0 aliphatic rings. The van der Waals surface area contributed by atoms with Gasteiger partial charge >= 0.3 is 6.18 Å². The van der Waals surface area contributed by atoms with Crippen molar-refractivity contribution >= 4 is 51.7 Å². The zero-order valence-corrected chi connectivity index (χ0v) is 16.3. The maximum absolute atomic E-state index is 13.3. The van der Waals surface area contributed by atoms with Gasteiger partial charge < -0.3 is 4.74 Å². The second-order valence-electron chi connectivity index (χ2n) is 5.12. The van der Waals surface area contributed by atoms with Crippen LogP contribution < -0.4 is 4.90 Å². The Hall–Kier alpha value is -1.13. The highest BCUT2D eigenvalue weighted by Gasteiger charge is 2.40. The van der Waals surface area contributed by atoms with Crippen LogP contribution >= 0.6 is 35.6 Å². The first kappa shape index (κ1) is 22.9. The van der Waals surface area contributed by atoms with Crippen LogP contribution in [0.4, 0.5) is 23.4 Å². The predicted molar refractivity (Wildman–Crippen MR) is 98.1 cm³/mol. The number of alkyl halides is 4. The number of pyridine rings is 1. The largest absolute Gasteiger partial charge is 0.479 e. The van der Waals surface area contributed by atoms with Crippen molar-refractivity contribution in [2.24, 2.45) is 0 Å². The van der Waals surface area contributed by atoms with E-state index in [1.54, 1.807) is 6.92 Å². The van der Waals surface area contributed by atoms with E-state index in [-0.39, 0.29) is 23.4 Å². The van der Waals surface area contributed by atoms with Crippen LogP contribution in [0.1, 0.15) is 20.3 Å². The number of aromatic nitrogens is 1. The Morgan fingerprint density at radius 3 is 2.62 bits per heavy atom. The van der Waals surface area contributed by atoms with Crippen molar-refractivity contribution in [1.82, 2.24) is 4.98 Å². The molecule has 4 nitrogen and oxygen atoms in total. The van der Waals surface area contributed by atoms with Gasteiger partial charge in [0.05, 0.1) is 6.61 Å². The first-order valence-electron chi connectivity index (χ1n) is 7.49. The quantitative estimate of drug-likeness (QED) is 0.273. The van der Waals surface area contributed by atoms with Gasteiger partial charge in [0.1, 0.15) is 11.2 Å². The fourth-order valence-corrected chi connectivity index (χ4v) is 3.76. The van der Waals surface area contributed by atoms with E-state index in [0.717, 1.165) is 22.7 Å². The highest BCUT2D eigenvalue weighted by atomic mass is 35.5. The maximum atomic E-state index is 13.3. The fraction of sp³-hybridized carbons (Fsp3) is 0.533. The SMILES string of the molecule is CCOC(=S)SC(CC(Cl)C(F)(F)F)CN(C(C)=O)c1cccc(F)n1. The summed E-state index contributed by atoms with van der Waals surface area (Å²) in [6.07, 6.45) is -5.12. The van der Waals surface area contributed by atoms with Gasteiger partial charge in [-0.05, 0) is 37.7 Å². The standard InChI is InChI=1S/C15H17ClF4N2O2S2/c1-3-24-14(25)26-10(7-11(16)15(18,19)20)8-22(9(2)23)13-6-4-5-12(17)21-13/h4-6,10-11H,3,7-8H2,1-2H3. The Bertz CT molecular complexity index is 634. The summed E-state index contributed by atoms with van der Waals surface area (Å²) in [4.78, 5) is 16.6. The molecule has 11 heteroatoms. The van der Waals surface area contributed by atoms with E-state index in [4.69, 9.17) is 28.6 Å². The van der Waals surface area contributed by atoms with Gasteiger partial charge in [0.2, 0.25) is 16.2 Å². The van der Waals surface area contributed by atoms with E-state index in [1.165, 1.54) is 19.1 Å². The van der Waals surface area contributed by atoms with E-state index < -0.39 is 35.1 Å². The number of rotatable bonds is 7. The third kappa shape index (κ3) is 7.63. The van der Waals surface area contributed by atoms with E-state index in [0.29, 0.717) is 0 Å². The Morgan fingerprint density at radius 2 is 2.12 bits per heavy atom. The molecule has 0 aliphatic heterocycles. The Morgan fingerprint density at radius 1 is 1.46 bits per heavy atom. The highest BCUT2D eigenvalue weighted by Crippen LogP contribution is 2.32. The molecule has 0 aliphatic carbocycles. The Kier molecular flexibility index (Phi) is 9.05. The lowest BCUT2D eigenvalue weighted by Gasteiger charge is -2.27. The Labute approximate surface area is 163 Å². The van der Waals surface area contributed by atoms with Gasteiger partial charge in [-0.2, -0.15) is 17.6 Å². The molecule has 1 aromatic rings. The van der Waals surface area contributed by atoms with Crippen LogP contribution in [-0.2, 0) is 9.53 Å². The molecule has 26 heavy (non-hydrogen) atoms. The minimum atomic E-state index is -4.61. The third-order valence-corrected chi connectivity index (χ3v) is 4.91. The normalized spacial score (nSPS) is 13.8. The number of ether oxygens (including phenoxy) is 1. The van der Waals surface area contributed by atoms with E-state index in [1.807, 2.05) is 0 Å². The van der Waals surface area contributed by atoms with Gasteiger partial charge in [-0.1, -0.05) is 17.8 Å². The summed E-state index contributed by atoms with van der Waals surface area (Å²) < 4.78 is 56.9. The molecule has 1 heterocycles. The molecule has 1 aromatic heterocycles. The lowest BCUT2D eigenvalue weighted by atomic mass is 10.2. The number of amides is 1. The lowest BCUT2D eigenvalue weighted by Crippen LogP contribution is -2.38. The highest BCUT2D eigenvalue weighted by molar-refractivity contribution is 8.23. The number of hydrogen-bond acceptors (Lipinski definition) is 5. The van der Waals surface area contributed by atoms with Gasteiger partial charge in [-0.15, -0.1) is 11.6 Å². The van der Waals surface area contributed by atoms with Gasteiger partial charge in [-0.25, -0.2) is 4.98 Å². The number of carbonyl (C=O) groups is 1. The minimum absolute atomic E-state index is 0.0106. The van der Waals surface area contributed by atoms with Crippen molar-refractivity contribution in [1.29, 1.82) is 0 Å².